The molecule has 0 amide bonds. The molecule has 1 spiro atoms. The van der Waals surface area contributed by atoms with E-state index >= 15 is 0 Å². The van der Waals surface area contributed by atoms with Crippen molar-refractivity contribution in [2.24, 2.45) is 0 Å². The summed E-state index contributed by atoms with van der Waals surface area (Å²) in [4.78, 5) is 17.1. The maximum Gasteiger partial charge on any atom is 0.123 e. The summed E-state index contributed by atoms with van der Waals surface area (Å²) >= 11 is 0. The van der Waals surface area contributed by atoms with Gasteiger partial charge in [-0.2, -0.15) is 0 Å². The first-order chi connectivity index (χ1) is 19.3. The van der Waals surface area contributed by atoms with E-state index in [1.807, 2.05) is 0 Å². The maximum absolute atomic E-state index is 4.84. The Labute approximate surface area is 232 Å². The molecule has 5 aliphatic rings. The Balaban J connectivity index is 1.07. The number of rotatable bonds is 5. The molecule has 4 N–H and O–H groups in total. The van der Waals surface area contributed by atoms with Crippen LogP contribution >= 0.6 is 0 Å². The van der Waals surface area contributed by atoms with Crippen molar-refractivity contribution < 1.29 is 0 Å². The summed E-state index contributed by atoms with van der Waals surface area (Å²) in [5.74, 6) is 3.60. The van der Waals surface area contributed by atoms with E-state index < -0.39 is 0 Å². The third kappa shape index (κ3) is 4.21. The van der Waals surface area contributed by atoms with Gasteiger partial charge in [-0.25, -0.2) is 9.97 Å². The highest BCUT2D eigenvalue weighted by Gasteiger charge is 2.44. The molecule has 0 radical (unpaired) electrons. The van der Waals surface area contributed by atoms with E-state index in [9.17, 15) is 0 Å². The van der Waals surface area contributed by atoms with Crippen LogP contribution in [0.15, 0.2) is 24.5 Å². The van der Waals surface area contributed by atoms with E-state index in [0.717, 1.165) is 24.7 Å². The van der Waals surface area contributed by atoms with Gasteiger partial charge in [0.15, 0.2) is 0 Å². The quantitative estimate of drug-likeness (QED) is 0.294. The molecular weight excluding hydrogens is 480 g/mol. The van der Waals surface area contributed by atoms with E-state index in [1.54, 1.807) is 16.7 Å². The fourth-order valence-electron chi connectivity index (χ4n) is 9.12. The molecule has 2 atom stereocenters. The van der Waals surface area contributed by atoms with Crippen LogP contribution in [0.25, 0.3) is 11.3 Å². The number of fused-ring (bicyclic) bond motifs is 2. The molecule has 2 aromatic heterocycles. The van der Waals surface area contributed by atoms with Crippen LogP contribution in [0.3, 0.4) is 0 Å². The van der Waals surface area contributed by atoms with Crippen LogP contribution in [-0.2, 0) is 11.8 Å². The molecule has 1 aromatic carbocycles. The van der Waals surface area contributed by atoms with Gasteiger partial charge in [-0.05, 0) is 118 Å². The van der Waals surface area contributed by atoms with Crippen LogP contribution in [0.5, 0.6) is 0 Å². The summed E-state index contributed by atoms with van der Waals surface area (Å²) in [6.45, 7) is 2.23. The second-order valence-electron chi connectivity index (χ2n) is 13.3. The van der Waals surface area contributed by atoms with Crippen molar-refractivity contribution in [1.29, 1.82) is 0 Å². The standard InChI is InChI=1S/C33H44N6/c1-2-15-33(14-1)16-13-25-24(29-20-37-32(39-29)27-6-4-18-35-27)12-11-23(30(25)33)21-7-9-22(10-8-21)28-19-36-31(38-28)26-5-3-17-34-26/h11-12,19-22,26-27,34-35H,1-10,13-18H2,(H,36,38)(H,37,39)/t21?,22?,26-,27-/m0/s1. The van der Waals surface area contributed by atoms with Gasteiger partial charge in [-0.1, -0.05) is 25.0 Å². The average molecular weight is 525 g/mol. The Kier molecular flexibility index (Phi) is 6.17. The van der Waals surface area contributed by atoms with Crippen molar-refractivity contribution >= 4 is 0 Å². The van der Waals surface area contributed by atoms with Gasteiger partial charge in [0.05, 0.1) is 24.0 Å². The minimum atomic E-state index is 0.391. The van der Waals surface area contributed by atoms with E-state index in [-0.39, 0.29) is 0 Å². The molecule has 4 heterocycles. The number of hydrogen-bond donors (Lipinski definition) is 4. The summed E-state index contributed by atoms with van der Waals surface area (Å²) in [6, 6.07) is 5.81. The minimum absolute atomic E-state index is 0.391. The first kappa shape index (κ1) is 24.4. The lowest BCUT2D eigenvalue weighted by Crippen LogP contribution is -2.22. The Morgan fingerprint density at radius 3 is 2.10 bits per heavy atom. The summed E-state index contributed by atoms with van der Waals surface area (Å²) in [5.41, 5.74) is 9.57. The molecule has 2 aliphatic heterocycles. The largest absolute Gasteiger partial charge is 0.344 e. The fourth-order valence-corrected chi connectivity index (χ4v) is 9.12. The number of aromatic amines is 2. The van der Waals surface area contributed by atoms with Crippen LogP contribution in [-0.4, -0.2) is 33.0 Å². The van der Waals surface area contributed by atoms with E-state index in [4.69, 9.17) is 9.97 Å². The number of H-pyrrole nitrogens is 2. The van der Waals surface area contributed by atoms with Gasteiger partial charge < -0.3 is 20.6 Å². The van der Waals surface area contributed by atoms with Gasteiger partial charge in [-0.3, -0.25) is 0 Å². The number of imidazole rings is 2. The smallest absolute Gasteiger partial charge is 0.123 e. The highest BCUT2D eigenvalue weighted by atomic mass is 15.0. The molecule has 8 rings (SSSR count). The Morgan fingerprint density at radius 2 is 1.38 bits per heavy atom. The van der Waals surface area contributed by atoms with E-state index in [2.05, 4.69) is 45.1 Å². The molecule has 39 heavy (non-hydrogen) atoms. The lowest BCUT2D eigenvalue weighted by Gasteiger charge is -2.34. The summed E-state index contributed by atoms with van der Waals surface area (Å²) in [5, 5.41) is 7.20. The van der Waals surface area contributed by atoms with Crippen molar-refractivity contribution in [3.05, 3.63) is 58.6 Å². The van der Waals surface area contributed by atoms with Crippen LogP contribution < -0.4 is 10.6 Å². The van der Waals surface area contributed by atoms with Crippen molar-refractivity contribution in [1.82, 2.24) is 30.6 Å². The second-order valence-corrected chi connectivity index (χ2v) is 13.3. The second kappa shape index (κ2) is 9.88. The predicted octanol–water partition coefficient (Wildman–Crippen LogP) is 6.85. The molecule has 206 valence electrons. The first-order valence-electron chi connectivity index (χ1n) is 16.0. The van der Waals surface area contributed by atoms with Crippen molar-refractivity contribution in [2.45, 2.75) is 119 Å². The number of nitrogens with one attached hydrogen (secondary N) is 4. The van der Waals surface area contributed by atoms with Crippen LogP contribution in [0.1, 0.15) is 141 Å². The number of hydrogen-bond acceptors (Lipinski definition) is 4. The van der Waals surface area contributed by atoms with Gasteiger partial charge in [0.2, 0.25) is 0 Å². The van der Waals surface area contributed by atoms with Gasteiger partial charge in [0.25, 0.3) is 0 Å². The lowest BCUT2D eigenvalue weighted by atomic mass is 9.71. The van der Waals surface area contributed by atoms with Crippen LogP contribution in [0, 0.1) is 0 Å². The zero-order chi connectivity index (χ0) is 25.8. The molecule has 0 bridgehead atoms. The van der Waals surface area contributed by atoms with E-state index in [1.165, 1.54) is 107 Å². The molecular formula is C33H44N6. The number of aromatic nitrogens is 4. The molecule has 3 aliphatic carbocycles. The highest BCUT2D eigenvalue weighted by Crippen LogP contribution is 2.56. The Bertz CT molecular complexity index is 1310. The SMILES string of the molecule is c1nc([C@@H]2CCCN2)[nH]c1-c1ccc(C2CCC(c3cnc([C@@H]4CCCN4)[nH]3)CC2)c2c1CCC21CCCC1. The minimum Gasteiger partial charge on any atom is -0.344 e. The molecule has 3 aromatic rings. The zero-order valence-electron chi connectivity index (χ0n) is 23.3. The fraction of sp³-hybridized carbons (Fsp3) is 0.636. The topological polar surface area (TPSA) is 81.4 Å². The summed E-state index contributed by atoms with van der Waals surface area (Å²) in [7, 11) is 0. The normalized spacial score (nSPS) is 29.9. The summed E-state index contributed by atoms with van der Waals surface area (Å²) < 4.78 is 0. The van der Waals surface area contributed by atoms with Crippen molar-refractivity contribution in [3.8, 4) is 11.3 Å². The Morgan fingerprint density at radius 1 is 0.692 bits per heavy atom. The van der Waals surface area contributed by atoms with Gasteiger partial charge >= 0.3 is 0 Å². The molecule has 4 fully saturated rings. The van der Waals surface area contributed by atoms with E-state index in [0.29, 0.717) is 29.3 Å². The first-order valence-corrected chi connectivity index (χ1v) is 16.0. The third-order valence-corrected chi connectivity index (χ3v) is 11.2. The van der Waals surface area contributed by atoms with Crippen LogP contribution in [0.4, 0.5) is 0 Å². The van der Waals surface area contributed by atoms with Crippen molar-refractivity contribution in [2.75, 3.05) is 13.1 Å². The average Bonchev–Trinajstić information content (AvgIpc) is 3.82. The number of benzene rings is 1. The van der Waals surface area contributed by atoms with Gasteiger partial charge in [0.1, 0.15) is 11.6 Å². The maximum atomic E-state index is 4.84. The molecule has 6 heteroatoms. The Hall–Kier alpha value is -2.44. The highest BCUT2D eigenvalue weighted by molar-refractivity contribution is 5.69. The molecule has 2 saturated heterocycles. The molecule has 2 saturated carbocycles. The molecule has 0 unspecified atom stereocenters. The third-order valence-electron chi connectivity index (χ3n) is 11.2. The zero-order valence-corrected chi connectivity index (χ0v) is 23.3. The predicted molar refractivity (Wildman–Crippen MR) is 155 cm³/mol. The number of nitrogens with zero attached hydrogens (tertiary/aromatic N) is 2. The van der Waals surface area contributed by atoms with Crippen LogP contribution in [0.2, 0.25) is 0 Å². The molecule has 6 nitrogen and oxygen atoms in total. The lowest BCUT2D eigenvalue weighted by molar-refractivity contribution is 0.379. The van der Waals surface area contributed by atoms with Gasteiger partial charge in [-0.15, -0.1) is 0 Å². The summed E-state index contributed by atoms with van der Waals surface area (Å²) in [6.07, 6.45) is 22.4. The van der Waals surface area contributed by atoms with Gasteiger partial charge in [0, 0.05) is 23.4 Å². The van der Waals surface area contributed by atoms with Crippen molar-refractivity contribution in [3.63, 3.8) is 0 Å². The monoisotopic (exact) mass is 524 g/mol.